The summed E-state index contributed by atoms with van der Waals surface area (Å²) < 4.78 is 0. The lowest BCUT2D eigenvalue weighted by Gasteiger charge is -2.07. The molecule has 0 unspecified atom stereocenters. The van der Waals surface area contributed by atoms with Crippen LogP contribution in [0.5, 0.6) is 0 Å². The molecule has 4 N–H and O–H groups in total. The molecular weight excluding hydrogens is 158 g/mol. The van der Waals surface area contributed by atoms with Gasteiger partial charge in [-0.1, -0.05) is 13.8 Å². The summed E-state index contributed by atoms with van der Waals surface area (Å²) in [4.78, 5) is 21.1. The van der Waals surface area contributed by atoms with Gasteiger partial charge in [-0.15, -0.1) is 0 Å². The van der Waals surface area contributed by atoms with Crippen LogP contribution in [0.4, 0.5) is 0 Å². The first kappa shape index (κ1) is 10.9. The number of amides is 2. The second kappa shape index (κ2) is 5.54. The Morgan fingerprint density at radius 1 is 1.33 bits per heavy atom. The molecule has 0 aromatic heterocycles. The Kier molecular flexibility index (Phi) is 5.03. The zero-order valence-electron chi connectivity index (χ0n) is 7.39. The van der Waals surface area contributed by atoms with Crippen molar-refractivity contribution in [3.63, 3.8) is 0 Å². The van der Waals surface area contributed by atoms with Gasteiger partial charge in [0.2, 0.25) is 11.8 Å². The predicted molar refractivity (Wildman–Crippen MR) is 45.3 cm³/mol. The molecule has 0 aliphatic heterocycles. The highest BCUT2D eigenvalue weighted by molar-refractivity contribution is 5.84. The van der Waals surface area contributed by atoms with E-state index in [1.165, 1.54) is 0 Å². The molecule has 0 saturated heterocycles. The Morgan fingerprint density at radius 2 is 1.92 bits per heavy atom. The molecule has 5 heteroatoms. The zero-order chi connectivity index (χ0) is 9.56. The minimum Gasteiger partial charge on any atom is -0.368 e. The highest BCUT2D eigenvalue weighted by atomic mass is 16.2. The fourth-order valence-corrected chi connectivity index (χ4v) is 0.545. The van der Waals surface area contributed by atoms with Crippen LogP contribution in [0.15, 0.2) is 0 Å². The van der Waals surface area contributed by atoms with E-state index in [9.17, 15) is 9.59 Å². The van der Waals surface area contributed by atoms with Crippen molar-refractivity contribution in [3.05, 3.63) is 0 Å². The number of carbonyl (C=O) groups is 2. The third-order valence-electron chi connectivity index (χ3n) is 1.13. The van der Waals surface area contributed by atoms with Crippen molar-refractivity contribution in [1.29, 1.82) is 0 Å². The Hall–Kier alpha value is -1.10. The summed E-state index contributed by atoms with van der Waals surface area (Å²) in [6.07, 6.45) is 0. The van der Waals surface area contributed by atoms with E-state index >= 15 is 0 Å². The summed E-state index contributed by atoms with van der Waals surface area (Å²) in [5.74, 6) is -0.754. The van der Waals surface area contributed by atoms with E-state index in [1.807, 2.05) is 13.8 Å². The van der Waals surface area contributed by atoms with E-state index in [-0.39, 0.29) is 25.0 Å². The van der Waals surface area contributed by atoms with Gasteiger partial charge in [-0.2, -0.15) is 0 Å². The average Bonchev–Trinajstić information content (AvgIpc) is 1.96. The van der Waals surface area contributed by atoms with E-state index in [4.69, 9.17) is 5.73 Å². The molecule has 0 saturated carbocycles. The maximum absolute atomic E-state index is 10.9. The zero-order valence-corrected chi connectivity index (χ0v) is 7.39. The Bertz CT molecular complexity index is 168. The first-order chi connectivity index (χ1) is 5.52. The molecule has 0 rings (SSSR count). The van der Waals surface area contributed by atoms with Crippen molar-refractivity contribution in [2.24, 2.45) is 5.73 Å². The van der Waals surface area contributed by atoms with Crippen molar-refractivity contribution in [2.45, 2.75) is 19.9 Å². The Morgan fingerprint density at radius 3 is 2.33 bits per heavy atom. The number of hydrogen-bond donors (Lipinski definition) is 3. The average molecular weight is 173 g/mol. The monoisotopic (exact) mass is 173 g/mol. The molecule has 0 atom stereocenters. The fourth-order valence-electron chi connectivity index (χ4n) is 0.545. The molecule has 0 spiro atoms. The van der Waals surface area contributed by atoms with Crippen LogP contribution in [-0.2, 0) is 9.59 Å². The van der Waals surface area contributed by atoms with Crippen molar-refractivity contribution < 1.29 is 9.59 Å². The largest absolute Gasteiger partial charge is 0.368 e. The molecule has 0 fully saturated rings. The van der Waals surface area contributed by atoms with Gasteiger partial charge in [0.15, 0.2) is 0 Å². The Labute approximate surface area is 71.7 Å². The van der Waals surface area contributed by atoms with Crippen molar-refractivity contribution in [2.75, 3.05) is 13.1 Å². The second-order valence-electron chi connectivity index (χ2n) is 2.78. The van der Waals surface area contributed by atoms with Gasteiger partial charge in [-0.3, -0.25) is 9.59 Å². The number of primary amides is 1. The molecule has 2 amide bonds. The highest BCUT2D eigenvalue weighted by Gasteiger charge is 2.02. The van der Waals surface area contributed by atoms with Crippen LogP contribution >= 0.6 is 0 Å². The van der Waals surface area contributed by atoms with Crippen LogP contribution < -0.4 is 16.4 Å². The van der Waals surface area contributed by atoms with Gasteiger partial charge < -0.3 is 16.4 Å². The number of hydrogen-bond acceptors (Lipinski definition) is 3. The summed E-state index contributed by atoms with van der Waals surface area (Å²) in [5, 5.41) is 5.27. The van der Waals surface area contributed by atoms with Crippen molar-refractivity contribution in [3.8, 4) is 0 Å². The van der Waals surface area contributed by atoms with Gasteiger partial charge in [0, 0.05) is 6.04 Å². The molecule has 0 aliphatic carbocycles. The van der Waals surface area contributed by atoms with Crippen LogP contribution in [0, 0.1) is 0 Å². The van der Waals surface area contributed by atoms with Gasteiger partial charge in [0.25, 0.3) is 0 Å². The van der Waals surface area contributed by atoms with Crippen LogP contribution in [-0.4, -0.2) is 30.9 Å². The lowest BCUT2D eigenvalue weighted by atomic mass is 10.4. The molecule has 0 bridgehead atoms. The molecule has 12 heavy (non-hydrogen) atoms. The minimum absolute atomic E-state index is 0.0986. The Balaban J connectivity index is 3.40. The first-order valence-electron chi connectivity index (χ1n) is 3.80. The van der Waals surface area contributed by atoms with E-state index in [2.05, 4.69) is 10.6 Å². The lowest BCUT2D eigenvalue weighted by Crippen LogP contribution is -2.40. The molecule has 0 aliphatic rings. The molecule has 0 aromatic rings. The molecule has 70 valence electrons. The highest BCUT2D eigenvalue weighted by Crippen LogP contribution is 1.74. The SMILES string of the molecule is CC(C)NCC(=O)NCC(N)=O. The van der Waals surface area contributed by atoms with Crippen LogP contribution in [0.1, 0.15) is 13.8 Å². The van der Waals surface area contributed by atoms with E-state index < -0.39 is 5.91 Å². The topological polar surface area (TPSA) is 84.2 Å². The normalized spacial score (nSPS) is 9.92. The first-order valence-corrected chi connectivity index (χ1v) is 3.80. The molecule has 0 radical (unpaired) electrons. The minimum atomic E-state index is -0.534. The maximum atomic E-state index is 10.9. The number of nitrogens with one attached hydrogen (secondary N) is 2. The number of nitrogens with two attached hydrogens (primary N) is 1. The van der Waals surface area contributed by atoms with Crippen molar-refractivity contribution in [1.82, 2.24) is 10.6 Å². The van der Waals surface area contributed by atoms with E-state index in [0.717, 1.165) is 0 Å². The second-order valence-corrected chi connectivity index (χ2v) is 2.78. The van der Waals surface area contributed by atoms with Gasteiger partial charge in [-0.05, 0) is 0 Å². The van der Waals surface area contributed by atoms with Gasteiger partial charge in [0.05, 0.1) is 13.1 Å². The van der Waals surface area contributed by atoms with Crippen LogP contribution in [0.3, 0.4) is 0 Å². The molecular formula is C7H15N3O2. The lowest BCUT2D eigenvalue weighted by molar-refractivity contribution is -0.124. The van der Waals surface area contributed by atoms with Gasteiger partial charge in [0.1, 0.15) is 0 Å². The quantitative estimate of drug-likeness (QED) is 0.477. The summed E-state index contributed by atoms with van der Waals surface area (Å²) >= 11 is 0. The van der Waals surface area contributed by atoms with Crippen molar-refractivity contribution >= 4 is 11.8 Å². The summed E-state index contributed by atoms with van der Waals surface area (Å²) in [6, 6.07) is 0.254. The summed E-state index contributed by atoms with van der Waals surface area (Å²) in [7, 11) is 0. The number of rotatable bonds is 5. The fraction of sp³-hybridized carbons (Fsp3) is 0.714. The summed E-state index contributed by atoms with van der Waals surface area (Å²) in [5.41, 5.74) is 4.82. The van der Waals surface area contributed by atoms with E-state index in [0.29, 0.717) is 0 Å². The smallest absolute Gasteiger partial charge is 0.236 e. The molecule has 0 heterocycles. The van der Waals surface area contributed by atoms with Crippen LogP contribution in [0.25, 0.3) is 0 Å². The standard InChI is InChI=1S/C7H15N3O2/c1-5(2)9-4-7(12)10-3-6(8)11/h5,9H,3-4H2,1-2H3,(H2,8,11)(H,10,12). The molecule has 5 nitrogen and oxygen atoms in total. The third-order valence-corrected chi connectivity index (χ3v) is 1.13. The predicted octanol–water partition coefficient (Wildman–Crippen LogP) is -1.41. The summed E-state index contributed by atoms with van der Waals surface area (Å²) in [6.45, 7) is 3.98. The third kappa shape index (κ3) is 7.01. The van der Waals surface area contributed by atoms with Gasteiger partial charge >= 0.3 is 0 Å². The number of carbonyl (C=O) groups excluding carboxylic acids is 2. The van der Waals surface area contributed by atoms with Gasteiger partial charge in [-0.25, -0.2) is 0 Å². The van der Waals surface area contributed by atoms with E-state index in [1.54, 1.807) is 0 Å². The van der Waals surface area contributed by atoms with Crippen LogP contribution in [0.2, 0.25) is 0 Å². The molecule has 0 aromatic carbocycles. The maximum Gasteiger partial charge on any atom is 0.236 e.